The van der Waals surface area contributed by atoms with Crippen LogP contribution in [0.5, 0.6) is 0 Å². The summed E-state index contributed by atoms with van der Waals surface area (Å²) in [5, 5.41) is 2.09. The molecule has 1 amide bonds. The van der Waals surface area contributed by atoms with Crippen molar-refractivity contribution in [2.24, 2.45) is 5.73 Å². The van der Waals surface area contributed by atoms with Crippen molar-refractivity contribution in [3.63, 3.8) is 0 Å². The van der Waals surface area contributed by atoms with Gasteiger partial charge < -0.3 is 15.4 Å². The molecule has 1 aromatic heterocycles. The Hall–Kier alpha value is -1.73. The number of aryl methyl sites for hydroxylation is 1. The standard InChI is InChI=1S/C20H27N3O2S/c1-15-5-7-16(8-6-15)19(21)20(24)22(2)14-17(18-4-3-13-26-18)23-9-11-25-12-10-23/h3-8,13,17,19H,9-12,14,21H2,1-2H3. The monoisotopic (exact) mass is 373 g/mol. The summed E-state index contributed by atoms with van der Waals surface area (Å²) in [5.41, 5.74) is 8.25. The zero-order valence-electron chi connectivity index (χ0n) is 15.4. The maximum absolute atomic E-state index is 12.9. The number of rotatable bonds is 6. The number of amides is 1. The van der Waals surface area contributed by atoms with Crippen LogP contribution >= 0.6 is 11.3 Å². The largest absolute Gasteiger partial charge is 0.379 e. The smallest absolute Gasteiger partial charge is 0.243 e. The Balaban J connectivity index is 1.71. The Labute approximate surface area is 159 Å². The Morgan fingerprint density at radius 1 is 1.27 bits per heavy atom. The van der Waals surface area contributed by atoms with Crippen LogP contribution < -0.4 is 5.73 Å². The molecule has 0 bridgehead atoms. The molecule has 1 saturated heterocycles. The summed E-state index contributed by atoms with van der Waals surface area (Å²) in [6.07, 6.45) is 0. The van der Waals surface area contributed by atoms with Crippen LogP contribution in [0.3, 0.4) is 0 Å². The summed E-state index contributed by atoms with van der Waals surface area (Å²) in [6.45, 7) is 5.89. The highest BCUT2D eigenvalue weighted by molar-refractivity contribution is 7.10. The third kappa shape index (κ3) is 4.51. The van der Waals surface area contributed by atoms with Crippen molar-refractivity contribution in [2.45, 2.75) is 19.0 Å². The molecule has 1 fully saturated rings. The number of nitrogens with two attached hydrogens (primary N) is 1. The molecule has 2 heterocycles. The Bertz CT molecular complexity index is 696. The van der Waals surface area contributed by atoms with Crippen molar-refractivity contribution < 1.29 is 9.53 Å². The summed E-state index contributed by atoms with van der Waals surface area (Å²) >= 11 is 1.73. The third-order valence-corrected chi connectivity index (χ3v) is 5.86. The van der Waals surface area contributed by atoms with Crippen LogP contribution in [0.1, 0.15) is 28.1 Å². The quantitative estimate of drug-likeness (QED) is 0.846. The van der Waals surface area contributed by atoms with Gasteiger partial charge in [-0.1, -0.05) is 35.9 Å². The zero-order valence-corrected chi connectivity index (χ0v) is 16.2. The predicted molar refractivity (Wildman–Crippen MR) is 105 cm³/mol. The highest BCUT2D eigenvalue weighted by atomic mass is 32.1. The summed E-state index contributed by atoms with van der Waals surface area (Å²) in [6, 6.07) is 11.6. The molecule has 0 aliphatic carbocycles. The molecule has 3 rings (SSSR count). The molecule has 0 spiro atoms. The Morgan fingerprint density at radius 2 is 1.96 bits per heavy atom. The number of carbonyl (C=O) groups is 1. The molecule has 0 saturated carbocycles. The topological polar surface area (TPSA) is 58.8 Å². The molecule has 5 nitrogen and oxygen atoms in total. The van der Waals surface area contributed by atoms with Crippen molar-refractivity contribution in [1.82, 2.24) is 9.80 Å². The van der Waals surface area contributed by atoms with E-state index in [1.54, 1.807) is 16.2 Å². The number of hydrogen-bond donors (Lipinski definition) is 1. The first-order chi connectivity index (χ1) is 12.6. The van der Waals surface area contributed by atoms with E-state index in [1.165, 1.54) is 4.88 Å². The predicted octanol–water partition coefficient (Wildman–Crippen LogP) is 2.59. The van der Waals surface area contributed by atoms with E-state index in [1.807, 2.05) is 38.2 Å². The number of morpholine rings is 1. The second-order valence-electron chi connectivity index (χ2n) is 6.79. The minimum Gasteiger partial charge on any atom is -0.379 e. The molecule has 26 heavy (non-hydrogen) atoms. The fraction of sp³-hybridized carbons (Fsp3) is 0.450. The summed E-state index contributed by atoms with van der Waals surface area (Å²) in [7, 11) is 1.84. The number of nitrogens with zero attached hydrogens (tertiary/aromatic N) is 2. The molecule has 2 unspecified atom stereocenters. The van der Waals surface area contributed by atoms with Gasteiger partial charge in [0, 0.05) is 31.6 Å². The fourth-order valence-electron chi connectivity index (χ4n) is 3.26. The van der Waals surface area contributed by atoms with E-state index in [0.717, 1.165) is 37.4 Å². The SMILES string of the molecule is Cc1ccc(C(N)C(=O)N(C)CC(c2cccs2)N2CCOCC2)cc1. The number of ether oxygens (including phenoxy) is 1. The number of carbonyl (C=O) groups excluding carboxylic acids is 1. The van der Waals surface area contributed by atoms with E-state index in [0.29, 0.717) is 6.54 Å². The van der Waals surface area contributed by atoms with Crippen LogP contribution in [0.2, 0.25) is 0 Å². The van der Waals surface area contributed by atoms with E-state index in [4.69, 9.17) is 10.5 Å². The van der Waals surface area contributed by atoms with Crippen LogP contribution in [0, 0.1) is 6.92 Å². The van der Waals surface area contributed by atoms with Gasteiger partial charge in [-0.25, -0.2) is 0 Å². The van der Waals surface area contributed by atoms with Gasteiger partial charge in [0.1, 0.15) is 6.04 Å². The lowest BCUT2D eigenvalue weighted by molar-refractivity contribution is -0.132. The van der Waals surface area contributed by atoms with Crippen LogP contribution in [0.15, 0.2) is 41.8 Å². The first kappa shape index (κ1) is 19.0. The second kappa shape index (κ2) is 8.77. The first-order valence-corrected chi connectivity index (χ1v) is 9.86. The van der Waals surface area contributed by atoms with Crippen LogP contribution in [-0.4, -0.2) is 55.6 Å². The minimum atomic E-state index is -0.630. The second-order valence-corrected chi connectivity index (χ2v) is 7.77. The number of benzene rings is 1. The van der Waals surface area contributed by atoms with Crippen LogP contribution in [0.25, 0.3) is 0 Å². The van der Waals surface area contributed by atoms with Crippen molar-refractivity contribution in [2.75, 3.05) is 39.9 Å². The van der Waals surface area contributed by atoms with Crippen LogP contribution in [-0.2, 0) is 9.53 Å². The Morgan fingerprint density at radius 3 is 2.58 bits per heavy atom. The molecule has 140 valence electrons. The van der Waals surface area contributed by atoms with E-state index in [-0.39, 0.29) is 11.9 Å². The molecule has 0 radical (unpaired) electrons. The van der Waals surface area contributed by atoms with E-state index < -0.39 is 6.04 Å². The van der Waals surface area contributed by atoms with Crippen molar-refractivity contribution in [3.8, 4) is 0 Å². The highest BCUT2D eigenvalue weighted by Crippen LogP contribution is 2.27. The lowest BCUT2D eigenvalue weighted by Crippen LogP contribution is -2.45. The van der Waals surface area contributed by atoms with Gasteiger partial charge in [-0.15, -0.1) is 11.3 Å². The van der Waals surface area contributed by atoms with Gasteiger partial charge in [0.05, 0.1) is 19.3 Å². The molecular weight excluding hydrogens is 346 g/mol. The number of likely N-dealkylation sites (N-methyl/N-ethyl adjacent to an activating group) is 1. The average Bonchev–Trinajstić information content (AvgIpc) is 3.20. The highest BCUT2D eigenvalue weighted by Gasteiger charge is 2.28. The van der Waals surface area contributed by atoms with Crippen molar-refractivity contribution in [3.05, 3.63) is 57.8 Å². The third-order valence-electron chi connectivity index (χ3n) is 4.88. The molecule has 1 aliphatic rings. The summed E-state index contributed by atoms with van der Waals surface area (Å²) in [5.74, 6) is -0.0522. The van der Waals surface area contributed by atoms with E-state index in [9.17, 15) is 4.79 Å². The molecule has 6 heteroatoms. The summed E-state index contributed by atoms with van der Waals surface area (Å²) < 4.78 is 5.49. The number of thiophene rings is 1. The lowest BCUT2D eigenvalue weighted by Gasteiger charge is -2.36. The van der Waals surface area contributed by atoms with E-state index in [2.05, 4.69) is 22.4 Å². The Kier molecular flexibility index (Phi) is 6.43. The average molecular weight is 374 g/mol. The minimum absolute atomic E-state index is 0.0522. The number of hydrogen-bond acceptors (Lipinski definition) is 5. The molecule has 1 aliphatic heterocycles. The zero-order chi connectivity index (χ0) is 18.5. The maximum Gasteiger partial charge on any atom is 0.243 e. The molecular formula is C20H27N3O2S. The summed E-state index contributed by atoms with van der Waals surface area (Å²) in [4.78, 5) is 18.3. The van der Waals surface area contributed by atoms with Gasteiger partial charge in [0.15, 0.2) is 0 Å². The van der Waals surface area contributed by atoms with Crippen LogP contribution in [0.4, 0.5) is 0 Å². The van der Waals surface area contributed by atoms with Gasteiger partial charge in [-0.3, -0.25) is 9.69 Å². The maximum atomic E-state index is 12.9. The van der Waals surface area contributed by atoms with Gasteiger partial charge in [-0.05, 0) is 23.9 Å². The van der Waals surface area contributed by atoms with Crippen molar-refractivity contribution in [1.29, 1.82) is 0 Å². The molecule has 2 N–H and O–H groups in total. The van der Waals surface area contributed by atoms with Gasteiger partial charge in [0.25, 0.3) is 0 Å². The lowest BCUT2D eigenvalue weighted by atomic mass is 10.0. The molecule has 1 aromatic carbocycles. The normalized spacial score (nSPS) is 17.7. The van der Waals surface area contributed by atoms with E-state index >= 15 is 0 Å². The molecule has 2 aromatic rings. The van der Waals surface area contributed by atoms with Gasteiger partial charge in [0.2, 0.25) is 5.91 Å². The fourth-order valence-corrected chi connectivity index (χ4v) is 4.11. The van der Waals surface area contributed by atoms with Gasteiger partial charge >= 0.3 is 0 Å². The first-order valence-electron chi connectivity index (χ1n) is 8.98. The van der Waals surface area contributed by atoms with Crippen molar-refractivity contribution >= 4 is 17.2 Å². The van der Waals surface area contributed by atoms with Gasteiger partial charge in [-0.2, -0.15) is 0 Å². The molecule has 2 atom stereocenters.